The lowest BCUT2D eigenvalue weighted by Gasteiger charge is -2.03. The second-order valence-electron chi connectivity index (χ2n) is 3.27. The van der Waals surface area contributed by atoms with Crippen molar-refractivity contribution < 1.29 is 23.1 Å². The van der Waals surface area contributed by atoms with Crippen LogP contribution in [-0.2, 0) is 17.5 Å². The van der Waals surface area contributed by atoms with Crippen molar-refractivity contribution in [3.8, 4) is 0 Å². The fraction of sp³-hybridized carbons (Fsp3) is 0.556. The summed E-state index contributed by atoms with van der Waals surface area (Å²) in [6.45, 7) is 2.14. The molecule has 8 heteroatoms. The first-order valence-corrected chi connectivity index (χ1v) is 5.82. The van der Waals surface area contributed by atoms with Crippen LogP contribution in [0, 0.1) is 0 Å². The molecule has 1 heterocycles. The van der Waals surface area contributed by atoms with Gasteiger partial charge in [-0.1, -0.05) is 18.7 Å². The topological polar surface area (TPSA) is 55.1 Å². The lowest BCUT2D eigenvalue weighted by Crippen LogP contribution is -2.08. The van der Waals surface area contributed by atoms with Crippen molar-refractivity contribution in [3.05, 3.63) is 11.8 Å². The Labute approximate surface area is 99.8 Å². The minimum Gasteiger partial charge on any atom is -0.481 e. The zero-order valence-corrected chi connectivity index (χ0v) is 9.81. The Morgan fingerprint density at radius 2 is 2.24 bits per heavy atom. The summed E-state index contributed by atoms with van der Waals surface area (Å²) >= 11 is 0.833. The molecule has 0 fully saturated rings. The van der Waals surface area contributed by atoms with Gasteiger partial charge in [-0.2, -0.15) is 18.3 Å². The van der Waals surface area contributed by atoms with Gasteiger partial charge in [-0.25, -0.2) is 0 Å². The second-order valence-corrected chi connectivity index (χ2v) is 4.27. The fourth-order valence-corrected chi connectivity index (χ4v) is 1.91. The van der Waals surface area contributed by atoms with E-state index < -0.39 is 17.8 Å². The Morgan fingerprint density at radius 3 is 2.71 bits per heavy atom. The highest BCUT2D eigenvalue weighted by atomic mass is 32.2. The van der Waals surface area contributed by atoms with Crippen molar-refractivity contribution in [1.29, 1.82) is 0 Å². The third-order valence-electron chi connectivity index (χ3n) is 1.81. The van der Waals surface area contributed by atoms with E-state index >= 15 is 0 Å². The molecule has 1 rings (SSSR count). The van der Waals surface area contributed by atoms with Gasteiger partial charge in [-0.15, -0.1) is 0 Å². The number of halogens is 3. The van der Waals surface area contributed by atoms with E-state index in [4.69, 9.17) is 5.11 Å². The van der Waals surface area contributed by atoms with Gasteiger partial charge in [0, 0.05) is 12.6 Å². The van der Waals surface area contributed by atoms with Crippen LogP contribution in [0.1, 0.15) is 19.0 Å². The number of carboxylic acid groups (broad SMARTS) is 1. The van der Waals surface area contributed by atoms with E-state index in [2.05, 4.69) is 5.10 Å². The molecule has 96 valence electrons. The zero-order chi connectivity index (χ0) is 13.1. The van der Waals surface area contributed by atoms with Gasteiger partial charge in [0.1, 0.15) is 0 Å². The molecule has 17 heavy (non-hydrogen) atoms. The number of rotatable bonds is 5. The molecule has 0 saturated heterocycles. The van der Waals surface area contributed by atoms with Crippen molar-refractivity contribution >= 4 is 17.7 Å². The van der Waals surface area contributed by atoms with Crippen molar-refractivity contribution in [1.82, 2.24) is 9.78 Å². The van der Waals surface area contributed by atoms with Gasteiger partial charge in [-0.3, -0.25) is 9.48 Å². The minimum atomic E-state index is -4.50. The maximum Gasteiger partial charge on any atom is 0.435 e. The lowest BCUT2D eigenvalue weighted by molar-refractivity contribution is -0.141. The van der Waals surface area contributed by atoms with Crippen LogP contribution < -0.4 is 0 Å². The van der Waals surface area contributed by atoms with E-state index in [-0.39, 0.29) is 10.8 Å². The first-order valence-electron chi connectivity index (χ1n) is 4.84. The molecule has 0 saturated carbocycles. The van der Waals surface area contributed by atoms with E-state index in [9.17, 15) is 18.0 Å². The molecule has 0 aromatic carbocycles. The second kappa shape index (κ2) is 5.44. The molecule has 1 N–H and O–H groups in total. The number of hydrogen-bond acceptors (Lipinski definition) is 3. The Hall–Kier alpha value is -1.18. The first-order chi connectivity index (χ1) is 7.84. The minimum absolute atomic E-state index is 0.224. The number of carboxylic acids is 1. The molecule has 0 amide bonds. The standard InChI is InChI=1S/C9H11F3N2O2S/c1-2-3-14-7(17-5-8(15)16)4-6(13-14)9(10,11)12/h4H,2-3,5H2,1H3,(H,15,16). The predicted octanol–water partition coefficient (Wildman–Crippen LogP) is 2.49. The van der Waals surface area contributed by atoms with Gasteiger partial charge in [0.25, 0.3) is 0 Å². The summed E-state index contributed by atoms with van der Waals surface area (Å²) in [5.74, 6) is -1.36. The molecule has 0 aliphatic carbocycles. The molecule has 0 aliphatic rings. The third-order valence-corrected chi connectivity index (χ3v) is 2.83. The number of alkyl halides is 3. The fourth-order valence-electron chi connectivity index (χ4n) is 1.16. The van der Waals surface area contributed by atoms with E-state index in [1.807, 2.05) is 0 Å². The largest absolute Gasteiger partial charge is 0.481 e. The van der Waals surface area contributed by atoms with Crippen LogP contribution in [0.3, 0.4) is 0 Å². The van der Waals surface area contributed by atoms with Crippen molar-refractivity contribution in [2.24, 2.45) is 0 Å². The number of aryl methyl sites for hydroxylation is 1. The summed E-state index contributed by atoms with van der Waals surface area (Å²) in [4.78, 5) is 10.4. The molecule has 0 spiro atoms. The van der Waals surface area contributed by atoms with Crippen molar-refractivity contribution in [2.45, 2.75) is 31.1 Å². The van der Waals surface area contributed by atoms with Gasteiger partial charge in [-0.05, 0) is 6.42 Å². The SMILES string of the molecule is CCCn1nc(C(F)(F)F)cc1SCC(=O)O. The summed E-state index contributed by atoms with van der Waals surface area (Å²) in [5, 5.41) is 12.1. The van der Waals surface area contributed by atoms with Gasteiger partial charge in [0.15, 0.2) is 5.69 Å². The van der Waals surface area contributed by atoms with Gasteiger partial charge in [0.05, 0.1) is 10.8 Å². The van der Waals surface area contributed by atoms with Crippen LogP contribution in [0.2, 0.25) is 0 Å². The van der Waals surface area contributed by atoms with Crippen LogP contribution in [0.15, 0.2) is 11.1 Å². The van der Waals surface area contributed by atoms with E-state index in [0.717, 1.165) is 17.8 Å². The summed E-state index contributed by atoms with van der Waals surface area (Å²) in [6.07, 6.45) is -3.88. The average molecular weight is 268 g/mol. The van der Waals surface area contributed by atoms with Crippen LogP contribution >= 0.6 is 11.8 Å². The highest BCUT2D eigenvalue weighted by Gasteiger charge is 2.34. The predicted molar refractivity (Wildman–Crippen MR) is 55.9 cm³/mol. The molecule has 0 unspecified atom stereocenters. The van der Waals surface area contributed by atoms with E-state index in [1.165, 1.54) is 4.68 Å². The molecule has 0 atom stereocenters. The van der Waals surface area contributed by atoms with E-state index in [1.54, 1.807) is 6.92 Å². The smallest absolute Gasteiger partial charge is 0.435 e. The molecule has 1 aromatic heterocycles. The number of carbonyl (C=O) groups is 1. The Balaban J connectivity index is 2.92. The van der Waals surface area contributed by atoms with Gasteiger partial charge in [0.2, 0.25) is 0 Å². The van der Waals surface area contributed by atoms with Crippen LogP contribution in [0.25, 0.3) is 0 Å². The van der Waals surface area contributed by atoms with Crippen LogP contribution in [0.5, 0.6) is 0 Å². The summed E-state index contributed by atoms with van der Waals surface area (Å²) in [7, 11) is 0. The molecule has 4 nitrogen and oxygen atoms in total. The number of nitrogens with zero attached hydrogens (tertiary/aromatic N) is 2. The molecule has 0 aliphatic heterocycles. The van der Waals surface area contributed by atoms with Gasteiger partial charge < -0.3 is 5.11 Å². The Morgan fingerprint density at radius 1 is 1.59 bits per heavy atom. The zero-order valence-electron chi connectivity index (χ0n) is 8.99. The van der Waals surface area contributed by atoms with Crippen LogP contribution in [-0.4, -0.2) is 26.6 Å². The number of aliphatic carboxylic acids is 1. The molecule has 0 bridgehead atoms. The average Bonchev–Trinajstić information content (AvgIpc) is 2.58. The quantitative estimate of drug-likeness (QED) is 0.833. The monoisotopic (exact) mass is 268 g/mol. The highest BCUT2D eigenvalue weighted by molar-refractivity contribution is 7.99. The van der Waals surface area contributed by atoms with Crippen molar-refractivity contribution in [2.75, 3.05) is 5.75 Å². The first kappa shape index (κ1) is 13.9. The molecular weight excluding hydrogens is 257 g/mol. The number of hydrogen-bond donors (Lipinski definition) is 1. The highest BCUT2D eigenvalue weighted by Crippen LogP contribution is 2.31. The lowest BCUT2D eigenvalue weighted by atomic mass is 10.4. The summed E-state index contributed by atoms with van der Waals surface area (Å²) in [6, 6.07) is 0.878. The molecule has 0 radical (unpaired) electrons. The van der Waals surface area contributed by atoms with E-state index in [0.29, 0.717) is 13.0 Å². The maximum atomic E-state index is 12.4. The Bertz CT molecular complexity index is 403. The third kappa shape index (κ3) is 3.95. The molecular formula is C9H11F3N2O2S. The summed E-state index contributed by atoms with van der Waals surface area (Å²) < 4.78 is 38.4. The van der Waals surface area contributed by atoms with Gasteiger partial charge >= 0.3 is 12.1 Å². The maximum absolute atomic E-state index is 12.4. The van der Waals surface area contributed by atoms with Crippen molar-refractivity contribution in [3.63, 3.8) is 0 Å². The Kier molecular flexibility index (Phi) is 4.44. The summed E-state index contributed by atoms with van der Waals surface area (Å²) in [5.41, 5.74) is -0.987. The number of aromatic nitrogens is 2. The van der Waals surface area contributed by atoms with Crippen LogP contribution in [0.4, 0.5) is 13.2 Å². The normalized spacial score (nSPS) is 11.8. The molecule has 1 aromatic rings. The number of thioether (sulfide) groups is 1.